The van der Waals surface area contributed by atoms with E-state index >= 15 is 0 Å². The van der Waals surface area contributed by atoms with Crippen molar-refractivity contribution in [3.63, 3.8) is 0 Å². The van der Waals surface area contributed by atoms with Crippen LogP contribution >= 0.6 is 11.3 Å². The van der Waals surface area contributed by atoms with Gasteiger partial charge in [0.2, 0.25) is 5.91 Å². The van der Waals surface area contributed by atoms with Crippen LogP contribution in [0.3, 0.4) is 0 Å². The molecule has 3 heterocycles. The second-order valence-electron chi connectivity index (χ2n) is 8.94. The van der Waals surface area contributed by atoms with Gasteiger partial charge in [-0.1, -0.05) is 36.8 Å². The molecular weight excluding hydrogens is 406 g/mol. The molecule has 4 rings (SSSR count). The van der Waals surface area contributed by atoms with Gasteiger partial charge in [0.1, 0.15) is 4.88 Å². The summed E-state index contributed by atoms with van der Waals surface area (Å²) in [6.45, 7) is 7.03. The summed E-state index contributed by atoms with van der Waals surface area (Å²) < 4.78 is 0. The molecule has 0 aliphatic carbocycles. The zero-order valence-electron chi connectivity index (χ0n) is 18.7. The number of hydrogen-bond acceptors (Lipinski definition) is 4. The van der Waals surface area contributed by atoms with Crippen molar-refractivity contribution in [1.29, 1.82) is 0 Å². The molecule has 2 saturated heterocycles. The Hall–Kier alpha value is -2.21. The number of carbonyl (C=O) groups is 2. The number of aromatic nitrogens is 1. The molecule has 5 nitrogen and oxygen atoms in total. The van der Waals surface area contributed by atoms with E-state index < -0.39 is 0 Å². The van der Waals surface area contributed by atoms with E-state index in [1.165, 1.54) is 16.9 Å². The molecule has 1 aromatic carbocycles. The number of nitrogens with zero attached hydrogens (tertiary/aromatic N) is 3. The summed E-state index contributed by atoms with van der Waals surface area (Å²) in [5.41, 5.74) is 2.12. The molecule has 0 unspecified atom stereocenters. The summed E-state index contributed by atoms with van der Waals surface area (Å²) in [4.78, 5) is 35.6. The molecule has 6 heteroatoms. The van der Waals surface area contributed by atoms with Gasteiger partial charge in [0.15, 0.2) is 0 Å². The van der Waals surface area contributed by atoms with Crippen LogP contribution in [0.1, 0.15) is 58.0 Å². The molecule has 0 saturated carbocycles. The Morgan fingerprint density at radius 2 is 1.81 bits per heavy atom. The second-order valence-corrected chi connectivity index (χ2v) is 10.1. The number of benzene rings is 1. The van der Waals surface area contributed by atoms with Crippen LogP contribution in [0.2, 0.25) is 0 Å². The maximum Gasteiger partial charge on any atom is 0.265 e. The number of rotatable bonds is 5. The van der Waals surface area contributed by atoms with Crippen molar-refractivity contribution < 1.29 is 9.59 Å². The summed E-state index contributed by atoms with van der Waals surface area (Å²) in [5, 5.41) is 0.940. The SMILES string of the molecule is Cc1nc(C)c(C(=O)N2CCC([C@@H]3CCCCN(CCc4ccccc4)C3=O)CC2)s1. The van der Waals surface area contributed by atoms with Gasteiger partial charge < -0.3 is 9.80 Å². The van der Waals surface area contributed by atoms with Gasteiger partial charge in [0.25, 0.3) is 5.91 Å². The number of carbonyl (C=O) groups excluding carboxylic acids is 2. The Kier molecular flexibility index (Phi) is 7.06. The average molecular weight is 440 g/mol. The van der Waals surface area contributed by atoms with Crippen LogP contribution in [0.4, 0.5) is 0 Å². The van der Waals surface area contributed by atoms with Crippen molar-refractivity contribution in [1.82, 2.24) is 14.8 Å². The van der Waals surface area contributed by atoms with Crippen molar-refractivity contribution in [2.75, 3.05) is 26.2 Å². The molecule has 1 atom stereocenters. The fraction of sp³-hybridized carbons (Fsp3) is 0.560. The van der Waals surface area contributed by atoms with Crippen LogP contribution in [0.5, 0.6) is 0 Å². The summed E-state index contributed by atoms with van der Waals surface area (Å²) >= 11 is 1.49. The first-order chi connectivity index (χ1) is 15.0. The number of amides is 2. The van der Waals surface area contributed by atoms with E-state index in [-0.39, 0.29) is 11.8 Å². The van der Waals surface area contributed by atoms with Gasteiger partial charge in [-0.05, 0) is 57.4 Å². The van der Waals surface area contributed by atoms with Gasteiger partial charge in [-0.15, -0.1) is 11.3 Å². The van der Waals surface area contributed by atoms with Gasteiger partial charge in [0.05, 0.1) is 10.7 Å². The van der Waals surface area contributed by atoms with Crippen molar-refractivity contribution in [2.45, 2.75) is 52.4 Å². The van der Waals surface area contributed by atoms with Crippen LogP contribution in [-0.2, 0) is 11.2 Å². The summed E-state index contributed by atoms with van der Waals surface area (Å²) in [6, 6.07) is 10.4. The third-order valence-corrected chi connectivity index (χ3v) is 7.89. The molecule has 2 fully saturated rings. The molecule has 2 amide bonds. The number of likely N-dealkylation sites (tertiary alicyclic amines) is 2. The summed E-state index contributed by atoms with van der Waals surface area (Å²) in [7, 11) is 0. The lowest BCUT2D eigenvalue weighted by Gasteiger charge is -2.36. The lowest BCUT2D eigenvalue weighted by atomic mass is 9.81. The maximum absolute atomic E-state index is 13.4. The van der Waals surface area contributed by atoms with E-state index in [1.54, 1.807) is 0 Å². The van der Waals surface area contributed by atoms with E-state index in [9.17, 15) is 9.59 Å². The largest absolute Gasteiger partial charge is 0.342 e. The van der Waals surface area contributed by atoms with Gasteiger partial charge in [-0.25, -0.2) is 4.98 Å². The maximum atomic E-state index is 13.4. The zero-order chi connectivity index (χ0) is 21.8. The molecule has 166 valence electrons. The summed E-state index contributed by atoms with van der Waals surface area (Å²) in [5.74, 6) is 0.950. The monoisotopic (exact) mass is 439 g/mol. The molecule has 2 aromatic rings. The lowest BCUT2D eigenvalue weighted by molar-refractivity contribution is -0.137. The highest BCUT2D eigenvalue weighted by molar-refractivity contribution is 7.13. The number of piperidine rings is 1. The Bertz CT molecular complexity index is 903. The third-order valence-electron chi connectivity index (χ3n) is 6.83. The quantitative estimate of drug-likeness (QED) is 0.690. The number of thiazole rings is 1. The smallest absolute Gasteiger partial charge is 0.265 e. The van der Waals surface area contributed by atoms with Crippen molar-refractivity contribution >= 4 is 23.2 Å². The minimum Gasteiger partial charge on any atom is -0.342 e. The van der Waals surface area contributed by atoms with E-state index in [0.717, 1.165) is 80.3 Å². The molecule has 2 aliphatic rings. The molecular formula is C25H33N3O2S. The minimum absolute atomic E-state index is 0.109. The lowest BCUT2D eigenvalue weighted by Crippen LogP contribution is -2.44. The molecule has 0 spiro atoms. The van der Waals surface area contributed by atoms with Gasteiger partial charge in [-0.3, -0.25) is 9.59 Å². The standard InChI is InChI=1S/C25H33N3O2S/c1-18-23(31-19(2)26-18)25(30)28-16-12-21(13-17-28)22-10-6-7-14-27(24(22)29)15-11-20-8-4-3-5-9-20/h3-5,8-9,21-22H,6-7,10-17H2,1-2H3/t22-/m0/s1. The van der Waals surface area contributed by atoms with Crippen molar-refractivity contribution in [3.8, 4) is 0 Å². The molecule has 31 heavy (non-hydrogen) atoms. The molecule has 1 aromatic heterocycles. The average Bonchev–Trinajstić information content (AvgIpc) is 3.02. The van der Waals surface area contributed by atoms with Gasteiger partial charge >= 0.3 is 0 Å². The van der Waals surface area contributed by atoms with E-state index in [4.69, 9.17) is 0 Å². The molecule has 0 N–H and O–H groups in total. The van der Waals surface area contributed by atoms with Gasteiger partial charge in [0, 0.05) is 32.1 Å². The molecule has 2 aliphatic heterocycles. The normalized spacial score (nSPS) is 20.7. The summed E-state index contributed by atoms with van der Waals surface area (Å²) in [6.07, 6.45) is 5.97. The van der Waals surface area contributed by atoms with Crippen LogP contribution in [0.15, 0.2) is 30.3 Å². The first-order valence-corrected chi connectivity index (χ1v) is 12.4. The Morgan fingerprint density at radius 1 is 1.06 bits per heavy atom. The van der Waals surface area contributed by atoms with Crippen LogP contribution in [0, 0.1) is 25.7 Å². The fourth-order valence-corrected chi connectivity index (χ4v) is 5.97. The van der Waals surface area contributed by atoms with Crippen LogP contribution in [0.25, 0.3) is 0 Å². The predicted octanol–water partition coefficient (Wildman–Crippen LogP) is 4.48. The van der Waals surface area contributed by atoms with E-state index in [0.29, 0.717) is 11.8 Å². The Balaban J connectivity index is 1.35. The molecule has 0 radical (unpaired) electrons. The van der Waals surface area contributed by atoms with E-state index in [2.05, 4.69) is 34.1 Å². The highest BCUT2D eigenvalue weighted by atomic mass is 32.1. The number of hydrogen-bond donors (Lipinski definition) is 0. The Morgan fingerprint density at radius 3 is 2.48 bits per heavy atom. The Labute approximate surface area is 189 Å². The fourth-order valence-electron chi connectivity index (χ4n) is 5.08. The third kappa shape index (κ3) is 5.17. The highest BCUT2D eigenvalue weighted by Gasteiger charge is 2.36. The first kappa shape index (κ1) is 22.0. The topological polar surface area (TPSA) is 53.5 Å². The molecule has 0 bridgehead atoms. The van der Waals surface area contributed by atoms with E-state index in [1.807, 2.05) is 24.8 Å². The zero-order valence-corrected chi connectivity index (χ0v) is 19.5. The van der Waals surface area contributed by atoms with Gasteiger partial charge in [-0.2, -0.15) is 0 Å². The van der Waals surface area contributed by atoms with Crippen LogP contribution in [-0.4, -0.2) is 52.8 Å². The highest BCUT2D eigenvalue weighted by Crippen LogP contribution is 2.33. The van der Waals surface area contributed by atoms with Crippen LogP contribution < -0.4 is 0 Å². The first-order valence-electron chi connectivity index (χ1n) is 11.6. The second kappa shape index (κ2) is 9.94. The van der Waals surface area contributed by atoms with Crippen molar-refractivity contribution in [3.05, 3.63) is 51.5 Å². The van der Waals surface area contributed by atoms with Crippen molar-refractivity contribution in [2.24, 2.45) is 11.8 Å². The minimum atomic E-state index is 0.109. The number of aryl methyl sites for hydroxylation is 2. The predicted molar refractivity (Wildman–Crippen MR) is 124 cm³/mol.